The van der Waals surface area contributed by atoms with Crippen LogP contribution in [0.5, 0.6) is 0 Å². The highest BCUT2D eigenvalue weighted by molar-refractivity contribution is 9.09. The number of halogens is 1. The molecule has 1 aromatic heterocycles. The molecule has 0 aliphatic carbocycles. The molecule has 0 atom stereocenters. The van der Waals surface area contributed by atoms with Crippen LogP contribution in [0.1, 0.15) is 12.0 Å². The fraction of sp³-hybridized carbons (Fsp3) is 0.250. The molecule has 1 heterocycles. The monoisotopic (exact) mass is 264 g/mol. The number of alkyl halides is 1. The first kappa shape index (κ1) is 10.4. The summed E-state index contributed by atoms with van der Waals surface area (Å²) in [6, 6.07) is 10.5. The fourth-order valence-corrected chi connectivity index (χ4v) is 1.79. The Kier molecular flexibility index (Phi) is 3.56. The minimum Gasteiger partial charge on any atom is -0.241 e. The van der Waals surface area contributed by atoms with Crippen molar-refractivity contribution in [2.45, 2.75) is 12.8 Å². The van der Waals surface area contributed by atoms with Gasteiger partial charge in [-0.1, -0.05) is 28.1 Å². The summed E-state index contributed by atoms with van der Waals surface area (Å²) in [7, 11) is 0. The number of benzene rings is 1. The lowest BCUT2D eigenvalue weighted by atomic mass is 10.1. The third-order valence-electron chi connectivity index (χ3n) is 2.30. The fourth-order valence-electron chi connectivity index (χ4n) is 1.51. The number of hydrogen-bond donors (Lipinski definition) is 0. The van der Waals surface area contributed by atoms with Gasteiger partial charge in [0.05, 0.1) is 5.69 Å². The van der Waals surface area contributed by atoms with Crippen LogP contribution in [0, 0.1) is 0 Å². The number of hydrogen-bond acceptors (Lipinski definition) is 1. The van der Waals surface area contributed by atoms with E-state index in [-0.39, 0.29) is 0 Å². The maximum absolute atomic E-state index is 4.19. The van der Waals surface area contributed by atoms with Gasteiger partial charge >= 0.3 is 0 Å². The summed E-state index contributed by atoms with van der Waals surface area (Å²) < 4.78 is 1.87. The molecule has 3 heteroatoms. The van der Waals surface area contributed by atoms with Crippen molar-refractivity contribution in [3.8, 4) is 5.69 Å². The molecule has 15 heavy (non-hydrogen) atoms. The summed E-state index contributed by atoms with van der Waals surface area (Å²) in [6.45, 7) is 0. The van der Waals surface area contributed by atoms with Gasteiger partial charge in [0.25, 0.3) is 0 Å². The van der Waals surface area contributed by atoms with Crippen LogP contribution >= 0.6 is 15.9 Å². The first-order chi connectivity index (χ1) is 7.40. The van der Waals surface area contributed by atoms with Crippen LogP contribution in [0.25, 0.3) is 5.69 Å². The zero-order valence-electron chi connectivity index (χ0n) is 8.44. The standard InChI is InChI=1S/C12H13BrN2/c13-8-1-3-11-4-6-12(7-5-11)15-10-2-9-14-15/h2,4-7,9-10H,1,3,8H2. The van der Waals surface area contributed by atoms with Crippen molar-refractivity contribution in [1.29, 1.82) is 0 Å². The van der Waals surface area contributed by atoms with Gasteiger partial charge in [0.1, 0.15) is 0 Å². The summed E-state index contributed by atoms with van der Waals surface area (Å²) in [5.74, 6) is 0. The van der Waals surface area contributed by atoms with Crippen molar-refractivity contribution in [2.75, 3.05) is 5.33 Å². The molecule has 0 bridgehead atoms. The second kappa shape index (κ2) is 5.12. The Hall–Kier alpha value is -1.09. The van der Waals surface area contributed by atoms with Gasteiger partial charge in [-0.05, 0) is 36.6 Å². The number of aryl methyl sites for hydroxylation is 1. The smallest absolute Gasteiger partial charge is 0.0645 e. The lowest BCUT2D eigenvalue weighted by Crippen LogP contribution is -1.94. The Morgan fingerprint density at radius 1 is 1.20 bits per heavy atom. The molecule has 1 aromatic carbocycles. The summed E-state index contributed by atoms with van der Waals surface area (Å²) in [5.41, 5.74) is 2.49. The van der Waals surface area contributed by atoms with E-state index in [1.165, 1.54) is 12.0 Å². The van der Waals surface area contributed by atoms with Crippen LogP contribution in [-0.2, 0) is 6.42 Å². The SMILES string of the molecule is BrCCCc1ccc(-n2cccn2)cc1. The van der Waals surface area contributed by atoms with Crippen LogP contribution in [-0.4, -0.2) is 15.1 Å². The summed E-state index contributed by atoms with van der Waals surface area (Å²) in [4.78, 5) is 0. The maximum Gasteiger partial charge on any atom is 0.0645 e. The molecule has 0 spiro atoms. The molecule has 0 aliphatic rings. The molecular formula is C12H13BrN2. The van der Waals surface area contributed by atoms with Crippen molar-refractivity contribution in [1.82, 2.24) is 9.78 Å². The number of rotatable bonds is 4. The Morgan fingerprint density at radius 3 is 2.60 bits per heavy atom. The van der Waals surface area contributed by atoms with E-state index in [0.29, 0.717) is 0 Å². The topological polar surface area (TPSA) is 17.8 Å². The molecule has 0 fully saturated rings. The largest absolute Gasteiger partial charge is 0.241 e. The van der Waals surface area contributed by atoms with E-state index in [2.05, 4.69) is 45.3 Å². The third kappa shape index (κ3) is 2.69. The van der Waals surface area contributed by atoms with E-state index >= 15 is 0 Å². The molecule has 2 rings (SSSR count). The van der Waals surface area contributed by atoms with E-state index in [9.17, 15) is 0 Å². The van der Waals surface area contributed by atoms with Crippen LogP contribution in [0.15, 0.2) is 42.7 Å². The molecule has 2 aromatic rings. The Bertz CT molecular complexity index is 392. The highest BCUT2D eigenvalue weighted by Gasteiger charge is 1.96. The average molecular weight is 265 g/mol. The Balaban J connectivity index is 2.11. The van der Waals surface area contributed by atoms with Crippen molar-refractivity contribution >= 4 is 15.9 Å². The third-order valence-corrected chi connectivity index (χ3v) is 2.87. The molecule has 0 unspecified atom stereocenters. The molecule has 2 nitrogen and oxygen atoms in total. The first-order valence-corrected chi connectivity index (χ1v) is 6.17. The van der Waals surface area contributed by atoms with Crippen LogP contribution < -0.4 is 0 Å². The van der Waals surface area contributed by atoms with Gasteiger partial charge < -0.3 is 0 Å². The minimum absolute atomic E-state index is 1.06. The van der Waals surface area contributed by atoms with Gasteiger partial charge in [0.15, 0.2) is 0 Å². The number of nitrogens with zero attached hydrogens (tertiary/aromatic N) is 2. The lowest BCUT2D eigenvalue weighted by molar-refractivity contribution is 0.876. The minimum atomic E-state index is 1.06. The van der Waals surface area contributed by atoms with Gasteiger partial charge in [-0.2, -0.15) is 5.10 Å². The van der Waals surface area contributed by atoms with Crippen LogP contribution in [0.2, 0.25) is 0 Å². The van der Waals surface area contributed by atoms with Crippen molar-refractivity contribution in [2.24, 2.45) is 0 Å². The maximum atomic E-state index is 4.19. The first-order valence-electron chi connectivity index (χ1n) is 5.05. The molecule has 0 amide bonds. The predicted octanol–water partition coefficient (Wildman–Crippen LogP) is 3.20. The van der Waals surface area contributed by atoms with Gasteiger partial charge in [0.2, 0.25) is 0 Å². The highest BCUT2D eigenvalue weighted by Crippen LogP contribution is 2.10. The van der Waals surface area contributed by atoms with Gasteiger partial charge in [0, 0.05) is 17.7 Å². The quantitative estimate of drug-likeness (QED) is 0.776. The van der Waals surface area contributed by atoms with Crippen LogP contribution in [0.4, 0.5) is 0 Å². The van der Waals surface area contributed by atoms with Gasteiger partial charge in [-0.25, -0.2) is 4.68 Å². The highest BCUT2D eigenvalue weighted by atomic mass is 79.9. The van der Waals surface area contributed by atoms with Gasteiger partial charge in [-0.3, -0.25) is 0 Å². The predicted molar refractivity (Wildman–Crippen MR) is 65.7 cm³/mol. The average Bonchev–Trinajstić information content (AvgIpc) is 2.80. The normalized spacial score (nSPS) is 10.5. The van der Waals surface area contributed by atoms with Gasteiger partial charge in [-0.15, -0.1) is 0 Å². The zero-order chi connectivity index (χ0) is 10.5. The van der Waals surface area contributed by atoms with E-state index in [1.807, 2.05) is 16.9 Å². The van der Waals surface area contributed by atoms with E-state index < -0.39 is 0 Å². The van der Waals surface area contributed by atoms with E-state index in [0.717, 1.165) is 17.4 Å². The van der Waals surface area contributed by atoms with Crippen LogP contribution in [0.3, 0.4) is 0 Å². The van der Waals surface area contributed by atoms with Crippen molar-refractivity contribution < 1.29 is 0 Å². The second-order valence-electron chi connectivity index (χ2n) is 3.41. The molecule has 0 radical (unpaired) electrons. The molecule has 0 saturated heterocycles. The Labute approximate surface area is 98.1 Å². The zero-order valence-corrected chi connectivity index (χ0v) is 10.0. The lowest BCUT2D eigenvalue weighted by Gasteiger charge is -2.03. The molecule has 0 N–H and O–H groups in total. The Morgan fingerprint density at radius 2 is 2.00 bits per heavy atom. The molecule has 0 saturated carbocycles. The van der Waals surface area contributed by atoms with E-state index in [1.54, 1.807) is 6.20 Å². The molecule has 0 aliphatic heterocycles. The molecule has 78 valence electrons. The number of aromatic nitrogens is 2. The summed E-state index contributed by atoms with van der Waals surface area (Å²) in [6.07, 6.45) is 6.05. The molecular weight excluding hydrogens is 252 g/mol. The summed E-state index contributed by atoms with van der Waals surface area (Å²) in [5, 5.41) is 5.25. The second-order valence-corrected chi connectivity index (χ2v) is 4.20. The van der Waals surface area contributed by atoms with E-state index in [4.69, 9.17) is 0 Å². The van der Waals surface area contributed by atoms with Crippen molar-refractivity contribution in [3.63, 3.8) is 0 Å². The van der Waals surface area contributed by atoms with Crippen molar-refractivity contribution in [3.05, 3.63) is 48.3 Å². The summed E-state index contributed by atoms with van der Waals surface area (Å²) >= 11 is 3.44.